The number of methoxy groups -OCH3 is 1. The average molecular weight is 239 g/mol. The van der Waals surface area contributed by atoms with Gasteiger partial charge in [0.15, 0.2) is 5.78 Å². The summed E-state index contributed by atoms with van der Waals surface area (Å²) in [4.78, 5) is 23.5. The highest BCUT2D eigenvalue weighted by molar-refractivity contribution is 6.35. The van der Waals surface area contributed by atoms with Crippen LogP contribution in [0.5, 0.6) is 0 Å². The zero-order valence-corrected chi connectivity index (χ0v) is 9.58. The number of benzene rings is 1. The van der Waals surface area contributed by atoms with Gasteiger partial charge in [0.25, 0.3) is 0 Å². The Bertz CT molecular complexity index is 454. The molecule has 0 aromatic heterocycles. The van der Waals surface area contributed by atoms with Crippen molar-refractivity contribution in [3.8, 4) is 0 Å². The number of ketones is 1. The van der Waals surface area contributed by atoms with Gasteiger partial charge in [-0.1, -0.05) is 23.7 Å². The first-order valence-corrected chi connectivity index (χ1v) is 5.42. The Kier molecular flexibility index (Phi) is 2.97. The van der Waals surface area contributed by atoms with Crippen LogP contribution in [0.4, 0.5) is 0 Å². The highest BCUT2D eigenvalue weighted by atomic mass is 35.5. The number of halogens is 1. The Labute approximate surface area is 98.4 Å². The van der Waals surface area contributed by atoms with Crippen LogP contribution in [0.1, 0.15) is 22.3 Å². The molecule has 1 aromatic carbocycles. The summed E-state index contributed by atoms with van der Waals surface area (Å²) < 4.78 is 4.61. The van der Waals surface area contributed by atoms with Crippen molar-refractivity contribution in [2.45, 2.75) is 12.8 Å². The van der Waals surface area contributed by atoms with Gasteiger partial charge in [-0.3, -0.25) is 9.59 Å². The summed E-state index contributed by atoms with van der Waals surface area (Å²) in [5.41, 5.74) is 1.39. The molecule has 0 saturated carbocycles. The van der Waals surface area contributed by atoms with Gasteiger partial charge in [-0.25, -0.2) is 0 Å². The van der Waals surface area contributed by atoms with E-state index in [1.807, 2.05) is 12.1 Å². The molecule has 0 amide bonds. The lowest BCUT2D eigenvalue weighted by Crippen LogP contribution is -2.30. The highest BCUT2D eigenvalue weighted by Gasteiger charge is 2.34. The van der Waals surface area contributed by atoms with Gasteiger partial charge >= 0.3 is 5.97 Å². The smallest absolute Gasteiger partial charge is 0.316 e. The monoisotopic (exact) mass is 238 g/mol. The molecule has 0 fully saturated rings. The number of Topliss-reactive ketones (excluding diaryl/α,β-unsaturated/α-hetero) is 1. The highest BCUT2D eigenvalue weighted by Crippen LogP contribution is 2.31. The second kappa shape index (κ2) is 4.26. The summed E-state index contributed by atoms with van der Waals surface area (Å²) in [6.45, 7) is 0. The maximum Gasteiger partial charge on any atom is 0.316 e. The molecule has 1 aliphatic rings. The molecular weight excluding hydrogens is 228 g/mol. The molecule has 0 saturated heterocycles. The number of ether oxygens (including phenoxy) is 1. The quantitative estimate of drug-likeness (QED) is 0.557. The molecule has 0 aliphatic heterocycles. The van der Waals surface area contributed by atoms with E-state index in [1.54, 1.807) is 6.07 Å². The van der Waals surface area contributed by atoms with Crippen LogP contribution in [-0.4, -0.2) is 18.9 Å². The first-order chi connectivity index (χ1) is 7.65. The minimum absolute atomic E-state index is 0.223. The van der Waals surface area contributed by atoms with E-state index in [9.17, 15) is 9.59 Å². The van der Waals surface area contributed by atoms with E-state index in [-0.39, 0.29) is 5.78 Å². The van der Waals surface area contributed by atoms with E-state index in [2.05, 4.69) is 4.74 Å². The summed E-state index contributed by atoms with van der Waals surface area (Å²) in [5.74, 6) is -1.40. The van der Waals surface area contributed by atoms with Crippen LogP contribution in [0.3, 0.4) is 0 Å². The second-order valence-electron chi connectivity index (χ2n) is 3.75. The normalized spacial score (nSPS) is 19.1. The number of carbonyl (C=O) groups excluding carboxylic acids is 2. The van der Waals surface area contributed by atoms with Crippen LogP contribution in [0.2, 0.25) is 5.02 Å². The molecule has 3 nitrogen and oxygen atoms in total. The largest absolute Gasteiger partial charge is 0.468 e. The number of fused-ring (bicyclic) bond motifs is 1. The van der Waals surface area contributed by atoms with E-state index in [0.29, 0.717) is 23.4 Å². The van der Waals surface area contributed by atoms with E-state index in [4.69, 9.17) is 11.6 Å². The van der Waals surface area contributed by atoms with E-state index in [1.165, 1.54) is 7.11 Å². The van der Waals surface area contributed by atoms with E-state index >= 15 is 0 Å². The van der Waals surface area contributed by atoms with Crippen molar-refractivity contribution < 1.29 is 14.3 Å². The number of carbonyl (C=O) groups is 2. The lowest BCUT2D eigenvalue weighted by atomic mass is 9.83. The number of hydrogen-bond donors (Lipinski definition) is 0. The standard InChI is InChI=1S/C12H11ClO3/c1-16-12(15)8-6-5-7-3-2-4-9(13)10(7)11(8)14/h2-4,8H,5-6H2,1H3. The predicted molar refractivity (Wildman–Crippen MR) is 59.6 cm³/mol. The van der Waals surface area contributed by atoms with Gasteiger partial charge in [-0.2, -0.15) is 0 Å². The minimum atomic E-state index is -0.697. The Balaban J connectivity index is 2.42. The van der Waals surface area contributed by atoms with Crippen LogP contribution in [0.25, 0.3) is 0 Å². The lowest BCUT2D eigenvalue weighted by molar-refractivity contribution is -0.143. The van der Waals surface area contributed by atoms with Crippen LogP contribution in [0, 0.1) is 5.92 Å². The van der Waals surface area contributed by atoms with Crippen LogP contribution in [-0.2, 0) is 16.0 Å². The Morgan fingerprint density at radius 3 is 2.94 bits per heavy atom. The zero-order chi connectivity index (χ0) is 11.7. The van der Waals surface area contributed by atoms with Gasteiger partial charge in [0, 0.05) is 5.56 Å². The summed E-state index contributed by atoms with van der Waals surface area (Å²) in [6.07, 6.45) is 1.18. The van der Waals surface area contributed by atoms with Crippen molar-refractivity contribution in [3.63, 3.8) is 0 Å². The molecule has 84 valence electrons. The second-order valence-corrected chi connectivity index (χ2v) is 4.16. The Morgan fingerprint density at radius 2 is 2.25 bits per heavy atom. The number of rotatable bonds is 1. The predicted octanol–water partition coefficient (Wildman–Crippen LogP) is 2.26. The first-order valence-electron chi connectivity index (χ1n) is 5.04. The molecule has 0 spiro atoms. The SMILES string of the molecule is COC(=O)C1CCc2cccc(Cl)c2C1=O. The van der Waals surface area contributed by atoms with Gasteiger partial charge in [0.05, 0.1) is 12.1 Å². The topological polar surface area (TPSA) is 43.4 Å². The zero-order valence-electron chi connectivity index (χ0n) is 8.83. The Hall–Kier alpha value is -1.35. The molecule has 1 unspecified atom stereocenters. The van der Waals surface area contributed by atoms with Gasteiger partial charge < -0.3 is 4.74 Å². The third kappa shape index (κ3) is 1.71. The third-order valence-electron chi connectivity index (χ3n) is 2.85. The molecule has 1 atom stereocenters. The van der Waals surface area contributed by atoms with Crippen molar-refractivity contribution in [2.75, 3.05) is 7.11 Å². The number of aryl methyl sites for hydroxylation is 1. The molecule has 0 heterocycles. The van der Waals surface area contributed by atoms with Gasteiger partial charge in [-0.15, -0.1) is 0 Å². The summed E-state index contributed by atoms with van der Waals surface area (Å²) in [5, 5.41) is 0.413. The fourth-order valence-corrected chi connectivity index (χ4v) is 2.31. The fraction of sp³-hybridized carbons (Fsp3) is 0.333. The minimum Gasteiger partial charge on any atom is -0.468 e. The summed E-state index contributed by atoms with van der Waals surface area (Å²) >= 11 is 5.98. The molecule has 2 rings (SSSR count). The third-order valence-corrected chi connectivity index (χ3v) is 3.17. The average Bonchev–Trinajstić information content (AvgIpc) is 2.28. The van der Waals surface area contributed by atoms with Crippen molar-refractivity contribution in [3.05, 3.63) is 34.3 Å². The number of esters is 1. The summed E-state index contributed by atoms with van der Waals surface area (Å²) in [7, 11) is 1.29. The molecule has 0 N–H and O–H groups in total. The Morgan fingerprint density at radius 1 is 1.50 bits per heavy atom. The van der Waals surface area contributed by atoms with Crippen LogP contribution in [0.15, 0.2) is 18.2 Å². The van der Waals surface area contributed by atoms with Gasteiger partial charge in [0.2, 0.25) is 0 Å². The molecule has 1 aliphatic carbocycles. The summed E-state index contributed by atoms with van der Waals surface area (Å²) in [6, 6.07) is 5.34. The molecular formula is C12H11ClO3. The molecule has 0 bridgehead atoms. The first kappa shape index (κ1) is 11.1. The maximum atomic E-state index is 12.1. The number of hydrogen-bond acceptors (Lipinski definition) is 3. The van der Waals surface area contributed by atoms with Crippen molar-refractivity contribution >= 4 is 23.4 Å². The van der Waals surface area contributed by atoms with Crippen LogP contribution >= 0.6 is 11.6 Å². The van der Waals surface area contributed by atoms with Crippen LogP contribution < -0.4 is 0 Å². The van der Waals surface area contributed by atoms with E-state index < -0.39 is 11.9 Å². The van der Waals surface area contributed by atoms with Crippen molar-refractivity contribution in [1.29, 1.82) is 0 Å². The molecule has 16 heavy (non-hydrogen) atoms. The van der Waals surface area contributed by atoms with Crippen molar-refractivity contribution in [2.24, 2.45) is 5.92 Å². The fourth-order valence-electron chi connectivity index (χ4n) is 2.03. The van der Waals surface area contributed by atoms with Gasteiger partial charge in [0.1, 0.15) is 5.92 Å². The molecule has 0 radical (unpaired) electrons. The van der Waals surface area contributed by atoms with Gasteiger partial charge in [-0.05, 0) is 24.5 Å². The molecule has 4 heteroatoms. The van der Waals surface area contributed by atoms with E-state index in [0.717, 1.165) is 5.56 Å². The van der Waals surface area contributed by atoms with Crippen molar-refractivity contribution in [1.82, 2.24) is 0 Å². The lowest BCUT2D eigenvalue weighted by Gasteiger charge is -2.22. The maximum absolute atomic E-state index is 12.1. The molecule has 1 aromatic rings.